The van der Waals surface area contributed by atoms with E-state index in [0.717, 1.165) is 6.42 Å². The summed E-state index contributed by atoms with van der Waals surface area (Å²) >= 11 is 0. The lowest BCUT2D eigenvalue weighted by atomic mass is 10.3. The summed E-state index contributed by atoms with van der Waals surface area (Å²) in [5.74, 6) is 1.33. The molecule has 0 heterocycles. The van der Waals surface area contributed by atoms with Crippen molar-refractivity contribution in [2.45, 2.75) is 6.42 Å². The van der Waals surface area contributed by atoms with Crippen molar-refractivity contribution >= 4 is 5.69 Å². The zero-order valence-electron chi connectivity index (χ0n) is 11.0. The largest absolute Gasteiger partial charge is 0.490 e. The molecule has 0 radical (unpaired) electrons. The summed E-state index contributed by atoms with van der Waals surface area (Å²) in [6, 6.07) is 5.35. The second kappa shape index (κ2) is 8.60. The Bertz CT molecular complexity index is 344. The van der Waals surface area contributed by atoms with Gasteiger partial charge in [0, 0.05) is 39.0 Å². The van der Waals surface area contributed by atoms with Crippen LogP contribution in [-0.4, -0.2) is 40.6 Å². The van der Waals surface area contributed by atoms with Gasteiger partial charge in [-0.1, -0.05) is 0 Å². The summed E-state index contributed by atoms with van der Waals surface area (Å²) in [7, 11) is 3.30. The van der Waals surface area contributed by atoms with Gasteiger partial charge in [-0.2, -0.15) is 0 Å². The molecule has 5 nitrogen and oxygen atoms in total. The summed E-state index contributed by atoms with van der Waals surface area (Å²) in [5, 5.41) is 0. The molecule has 1 rings (SSSR count). The fourth-order valence-electron chi connectivity index (χ4n) is 1.38. The summed E-state index contributed by atoms with van der Waals surface area (Å²) in [5.41, 5.74) is 6.37. The Kier molecular flexibility index (Phi) is 6.98. The van der Waals surface area contributed by atoms with Crippen LogP contribution in [0.3, 0.4) is 0 Å². The van der Waals surface area contributed by atoms with E-state index in [9.17, 15) is 0 Å². The van der Waals surface area contributed by atoms with E-state index < -0.39 is 0 Å². The van der Waals surface area contributed by atoms with E-state index in [4.69, 9.17) is 24.7 Å². The number of nitrogen functional groups attached to an aromatic ring is 1. The topological polar surface area (TPSA) is 62.9 Å². The van der Waals surface area contributed by atoms with Gasteiger partial charge in [-0.15, -0.1) is 0 Å². The van der Waals surface area contributed by atoms with Gasteiger partial charge >= 0.3 is 0 Å². The molecule has 0 saturated heterocycles. The average molecular weight is 255 g/mol. The van der Waals surface area contributed by atoms with E-state index in [1.165, 1.54) is 0 Å². The Balaban J connectivity index is 2.52. The van der Waals surface area contributed by atoms with Crippen LogP contribution in [0.25, 0.3) is 0 Å². The Morgan fingerprint density at radius 1 is 0.889 bits per heavy atom. The highest BCUT2D eigenvalue weighted by atomic mass is 16.5. The third-order valence-electron chi connectivity index (χ3n) is 2.26. The maximum atomic E-state index is 5.72. The number of ether oxygens (including phenoxy) is 4. The van der Waals surface area contributed by atoms with Crippen LogP contribution in [0, 0.1) is 0 Å². The fraction of sp³-hybridized carbons (Fsp3) is 0.538. The number of anilines is 1. The summed E-state index contributed by atoms with van der Waals surface area (Å²) in [6.07, 6.45) is 0.832. The molecule has 0 fully saturated rings. The van der Waals surface area contributed by atoms with Crippen molar-refractivity contribution in [1.29, 1.82) is 0 Å². The Morgan fingerprint density at radius 3 is 2.33 bits per heavy atom. The third kappa shape index (κ3) is 5.25. The van der Waals surface area contributed by atoms with Crippen molar-refractivity contribution < 1.29 is 18.9 Å². The number of hydrogen-bond donors (Lipinski definition) is 1. The lowest BCUT2D eigenvalue weighted by Gasteiger charge is -2.13. The first-order valence-corrected chi connectivity index (χ1v) is 5.91. The molecule has 0 amide bonds. The summed E-state index contributed by atoms with van der Waals surface area (Å²) in [4.78, 5) is 0. The van der Waals surface area contributed by atoms with Crippen molar-refractivity contribution in [3.63, 3.8) is 0 Å². The van der Waals surface area contributed by atoms with Crippen molar-refractivity contribution in [2.75, 3.05) is 46.4 Å². The van der Waals surface area contributed by atoms with Crippen LogP contribution in [0.4, 0.5) is 5.69 Å². The van der Waals surface area contributed by atoms with E-state index >= 15 is 0 Å². The molecule has 0 bridgehead atoms. The van der Waals surface area contributed by atoms with E-state index in [2.05, 4.69) is 0 Å². The molecule has 0 saturated carbocycles. The smallest absolute Gasteiger partial charge is 0.163 e. The first kappa shape index (κ1) is 14.6. The van der Waals surface area contributed by atoms with Crippen molar-refractivity contribution in [3.8, 4) is 11.5 Å². The zero-order valence-corrected chi connectivity index (χ0v) is 11.0. The van der Waals surface area contributed by atoms with Gasteiger partial charge in [0.15, 0.2) is 11.5 Å². The monoisotopic (exact) mass is 255 g/mol. The number of hydrogen-bond acceptors (Lipinski definition) is 5. The third-order valence-corrected chi connectivity index (χ3v) is 2.26. The molecule has 0 aliphatic heterocycles. The molecule has 0 unspecified atom stereocenters. The predicted molar refractivity (Wildman–Crippen MR) is 70.2 cm³/mol. The second-order valence-electron chi connectivity index (χ2n) is 3.74. The van der Waals surface area contributed by atoms with Gasteiger partial charge < -0.3 is 24.7 Å². The predicted octanol–water partition coefficient (Wildman–Crippen LogP) is 1.71. The van der Waals surface area contributed by atoms with Gasteiger partial charge in [0.2, 0.25) is 0 Å². The van der Waals surface area contributed by atoms with Crippen LogP contribution in [0.5, 0.6) is 11.5 Å². The van der Waals surface area contributed by atoms with Crippen LogP contribution >= 0.6 is 0 Å². The van der Waals surface area contributed by atoms with E-state index in [-0.39, 0.29) is 0 Å². The summed E-state index contributed by atoms with van der Waals surface area (Å²) in [6.45, 7) is 2.25. The van der Waals surface area contributed by atoms with Crippen LogP contribution in [0.1, 0.15) is 6.42 Å². The quantitative estimate of drug-likeness (QED) is 0.537. The maximum Gasteiger partial charge on any atom is 0.163 e. The standard InChI is InChI=1S/C13H21NO4/c1-15-6-3-7-17-12-5-4-11(14)10-13(12)18-9-8-16-2/h4-5,10H,3,6-9,14H2,1-2H3. The van der Waals surface area contributed by atoms with E-state index in [1.807, 2.05) is 6.07 Å². The van der Waals surface area contributed by atoms with E-state index in [1.54, 1.807) is 26.4 Å². The molecule has 0 aliphatic carbocycles. The average Bonchev–Trinajstić information content (AvgIpc) is 2.37. The molecule has 0 aromatic heterocycles. The normalized spacial score (nSPS) is 10.3. The molecule has 2 N–H and O–H groups in total. The van der Waals surface area contributed by atoms with Crippen molar-refractivity contribution in [2.24, 2.45) is 0 Å². The molecule has 0 atom stereocenters. The van der Waals surface area contributed by atoms with Crippen LogP contribution in [0.15, 0.2) is 18.2 Å². The minimum Gasteiger partial charge on any atom is -0.490 e. The number of benzene rings is 1. The zero-order chi connectivity index (χ0) is 13.2. The molecule has 18 heavy (non-hydrogen) atoms. The highest BCUT2D eigenvalue weighted by molar-refractivity contribution is 5.51. The molecule has 0 aliphatic rings. The van der Waals surface area contributed by atoms with Gasteiger partial charge in [0.25, 0.3) is 0 Å². The molecular weight excluding hydrogens is 234 g/mol. The number of rotatable bonds is 9. The van der Waals surface area contributed by atoms with Gasteiger partial charge in [0.1, 0.15) is 6.61 Å². The lowest BCUT2D eigenvalue weighted by molar-refractivity contribution is 0.141. The highest BCUT2D eigenvalue weighted by Crippen LogP contribution is 2.29. The van der Waals surface area contributed by atoms with Gasteiger partial charge in [0.05, 0.1) is 13.2 Å². The molecule has 5 heteroatoms. The molecule has 0 spiro atoms. The van der Waals surface area contributed by atoms with Crippen molar-refractivity contribution in [3.05, 3.63) is 18.2 Å². The van der Waals surface area contributed by atoms with Crippen LogP contribution in [0.2, 0.25) is 0 Å². The highest BCUT2D eigenvalue weighted by Gasteiger charge is 2.05. The maximum absolute atomic E-state index is 5.72. The number of nitrogens with two attached hydrogens (primary N) is 1. The van der Waals surface area contributed by atoms with Gasteiger partial charge in [-0.25, -0.2) is 0 Å². The summed E-state index contributed by atoms with van der Waals surface area (Å²) < 4.78 is 21.1. The Morgan fingerprint density at radius 2 is 1.61 bits per heavy atom. The Hall–Kier alpha value is -1.46. The molecule has 102 valence electrons. The fourth-order valence-corrected chi connectivity index (χ4v) is 1.38. The molecular formula is C13H21NO4. The molecule has 1 aromatic carbocycles. The second-order valence-corrected chi connectivity index (χ2v) is 3.74. The molecule has 1 aromatic rings. The van der Waals surface area contributed by atoms with Gasteiger partial charge in [-0.05, 0) is 12.1 Å². The Labute approximate surface area is 108 Å². The van der Waals surface area contributed by atoms with E-state index in [0.29, 0.717) is 43.6 Å². The first-order chi connectivity index (χ1) is 8.77. The lowest BCUT2D eigenvalue weighted by Crippen LogP contribution is -2.07. The minimum absolute atomic E-state index is 0.467. The first-order valence-electron chi connectivity index (χ1n) is 5.91. The van der Waals surface area contributed by atoms with Gasteiger partial charge in [-0.3, -0.25) is 0 Å². The van der Waals surface area contributed by atoms with Crippen molar-refractivity contribution in [1.82, 2.24) is 0 Å². The van der Waals surface area contributed by atoms with Crippen LogP contribution < -0.4 is 15.2 Å². The minimum atomic E-state index is 0.467. The van der Waals surface area contributed by atoms with Crippen LogP contribution in [-0.2, 0) is 9.47 Å². The SMILES string of the molecule is COCCCOc1ccc(N)cc1OCCOC. The number of methoxy groups -OCH3 is 2.